The van der Waals surface area contributed by atoms with Gasteiger partial charge in [-0.1, -0.05) is 44.2 Å². The second kappa shape index (κ2) is 7.74. The van der Waals surface area contributed by atoms with Crippen molar-refractivity contribution in [3.8, 4) is 0 Å². The Morgan fingerprint density at radius 3 is 1.90 bits per heavy atom. The van der Waals surface area contributed by atoms with Crippen LogP contribution in [-0.4, -0.2) is 17.0 Å². The first-order chi connectivity index (χ1) is 9.68. The van der Waals surface area contributed by atoms with Crippen LogP contribution in [0.5, 0.6) is 0 Å². The number of rotatable bonds is 3. The van der Waals surface area contributed by atoms with Gasteiger partial charge < -0.3 is 10.4 Å². The molecule has 2 aromatic rings. The van der Waals surface area contributed by atoms with Gasteiger partial charge in [0.15, 0.2) is 0 Å². The minimum atomic E-state index is -1.12. The molecule has 1 amide bonds. The van der Waals surface area contributed by atoms with E-state index in [4.69, 9.17) is 5.11 Å². The SMILES string of the molecule is CC.O=C(O)c1ccccc1C(=O)Nc1ccccc1. The third-order valence-corrected chi connectivity index (χ3v) is 2.43. The van der Waals surface area contributed by atoms with E-state index in [0.717, 1.165) is 0 Å². The summed E-state index contributed by atoms with van der Waals surface area (Å²) >= 11 is 0. The van der Waals surface area contributed by atoms with E-state index in [0.29, 0.717) is 5.69 Å². The normalized spacial score (nSPS) is 9.10. The predicted octanol–water partition coefficient (Wildman–Crippen LogP) is 3.66. The Labute approximate surface area is 118 Å². The largest absolute Gasteiger partial charge is 0.478 e. The van der Waals surface area contributed by atoms with E-state index in [-0.39, 0.29) is 11.1 Å². The molecule has 2 N–H and O–H groups in total. The topological polar surface area (TPSA) is 66.4 Å². The van der Waals surface area contributed by atoms with Crippen LogP contribution in [0.1, 0.15) is 34.6 Å². The first-order valence-electron chi connectivity index (χ1n) is 6.37. The first kappa shape index (κ1) is 15.4. The van der Waals surface area contributed by atoms with Crippen molar-refractivity contribution in [2.45, 2.75) is 13.8 Å². The second-order valence-corrected chi connectivity index (χ2v) is 3.67. The zero-order valence-corrected chi connectivity index (χ0v) is 11.5. The number of anilines is 1. The average Bonchev–Trinajstić information content (AvgIpc) is 2.50. The van der Waals surface area contributed by atoms with E-state index < -0.39 is 11.9 Å². The number of para-hydroxylation sites is 1. The molecular weight excluding hydrogens is 254 g/mol. The van der Waals surface area contributed by atoms with Crippen LogP contribution in [0.2, 0.25) is 0 Å². The Balaban J connectivity index is 0.000000956. The van der Waals surface area contributed by atoms with E-state index in [1.807, 2.05) is 19.9 Å². The molecule has 4 heteroatoms. The minimum absolute atomic E-state index is 0.00840. The number of amides is 1. The number of benzene rings is 2. The standard InChI is InChI=1S/C14H11NO3.C2H6/c16-13(15-10-6-2-1-3-7-10)11-8-4-5-9-12(11)14(17)18;1-2/h1-9H,(H,15,16)(H,17,18);1-2H3. The lowest BCUT2D eigenvalue weighted by Crippen LogP contribution is -2.16. The molecule has 104 valence electrons. The number of aromatic carboxylic acids is 1. The Hall–Kier alpha value is -2.62. The highest BCUT2D eigenvalue weighted by Crippen LogP contribution is 2.12. The van der Waals surface area contributed by atoms with Crippen molar-refractivity contribution < 1.29 is 14.7 Å². The Morgan fingerprint density at radius 2 is 1.35 bits per heavy atom. The van der Waals surface area contributed by atoms with E-state index >= 15 is 0 Å². The summed E-state index contributed by atoms with van der Waals surface area (Å²) in [6, 6.07) is 15.0. The van der Waals surface area contributed by atoms with Gasteiger partial charge in [-0.3, -0.25) is 4.79 Å². The lowest BCUT2D eigenvalue weighted by Gasteiger charge is -2.07. The summed E-state index contributed by atoms with van der Waals surface area (Å²) in [4.78, 5) is 23.0. The van der Waals surface area contributed by atoms with Gasteiger partial charge in [-0.25, -0.2) is 4.79 Å². The Bertz CT molecular complexity index is 579. The molecule has 20 heavy (non-hydrogen) atoms. The summed E-state index contributed by atoms with van der Waals surface area (Å²) in [6.07, 6.45) is 0. The molecule has 0 aliphatic heterocycles. The molecule has 2 rings (SSSR count). The molecular formula is C16H17NO3. The van der Waals surface area contributed by atoms with E-state index in [1.165, 1.54) is 12.1 Å². The third-order valence-electron chi connectivity index (χ3n) is 2.43. The zero-order valence-electron chi connectivity index (χ0n) is 11.5. The molecule has 0 atom stereocenters. The average molecular weight is 271 g/mol. The molecule has 0 aliphatic rings. The van der Waals surface area contributed by atoms with Crippen LogP contribution >= 0.6 is 0 Å². The maximum Gasteiger partial charge on any atom is 0.336 e. The van der Waals surface area contributed by atoms with Crippen molar-refractivity contribution in [1.82, 2.24) is 0 Å². The quantitative estimate of drug-likeness (QED) is 0.895. The van der Waals surface area contributed by atoms with Gasteiger partial charge in [-0.2, -0.15) is 0 Å². The number of carboxylic acids is 1. The predicted molar refractivity (Wildman–Crippen MR) is 79.1 cm³/mol. The van der Waals surface area contributed by atoms with Crippen LogP contribution in [0.4, 0.5) is 5.69 Å². The second-order valence-electron chi connectivity index (χ2n) is 3.67. The maximum atomic E-state index is 12.0. The molecule has 0 fully saturated rings. The highest BCUT2D eigenvalue weighted by atomic mass is 16.4. The van der Waals surface area contributed by atoms with Gasteiger partial charge in [0.1, 0.15) is 0 Å². The smallest absolute Gasteiger partial charge is 0.336 e. The van der Waals surface area contributed by atoms with Gasteiger partial charge >= 0.3 is 5.97 Å². The summed E-state index contributed by atoms with van der Waals surface area (Å²) in [5.74, 6) is -1.55. The number of carbonyl (C=O) groups is 2. The van der Waals surface area contributed by atoms with E-state index in [2.05, 4.69) is 5.32 Å². The highest BCUT2D eigenvalue weighted by molar-refractivity contribution is 6.10. The number of carboxylic acid groups (broad SMARTS) is 1. The molecule has 0 heterocycles. The summed E-state index contributed by atoms with van der Waals surface area (Å²) < 4.78 is 0. The fourth-order valence-corrected chi connectivity index (χ4v) is 1.59. The van der Waals surface area contributed by atoms with Gasteiger partial charge in [0.05, 0.1) is 11.1 Å². The van der Waals surface area contributed by atoms with E-state index in [9.17, 15) is 9.59 Å². The first-order valence-corrected chi connectivity index (χ1v) is 6.37. The van der Waals surface area contributed by atoms with Crippen molar-refractivity contribution in [1.29, 1.82) is 0 Å². The maximum absolute atomic E-state index is 12.0. The molecule has 0 aromatic heterocycles. The summed E-state index contributed by atoms with van der Waals surface area (Å²) in [7, 11) is 0. The minimum Gasteiger partial charge on any atom is -0.478 e. The molecule has 0 saturated heterocycles. The fraction of sp³-hybridized carbons (Fsp3) is 0.125. The van der Waals surface area contributed by atoms with Crippen LogP contribution in [-0.2, 0) is 0 Å². The molecule has 0 unspecified atom stereocenters. The van der Waals surface area contributed by atoms with Crippen molar-refractivity contribution in [2.24, 2.45) is 0 Å². The van der Waals surface area contributed by atoms with Crippen LogP contribution in [0.25, 0.3) is 0 Å². The van der Waals surface area contributed by atoms with Gasteiger partial charge in [0.25, 0.3) is 5.91 Å². The molecule has 4 nitrogen and oxygen atoms in total. The van der Waals surface area contributed by atoms with Crippen LogP contribution in [0.15, 0.2) is 54.6 Å². The van der Waals surface area contributed by atoms with Crippen molar-refractivity contribution >= 4 is 17.6 Å². The van der Waals surface area contributed by atoms with Gasteiger partial charge in [0.2, 0.25) is 0 Å². The Morgan fingerprint density at radius 1 is 0.850 bits per heavy atom. The summed E-state index contributed by atoms with van der Waals surface area (Å²) in [6.45, 7) is 4.00. The molecule has 2 aromatic carbocycles. The van der Waals surface area contributed by atoms with Crippen molar-refractivity contribution in [3.63, 3.8) is 0 Å². The lowest BCUT2D eigenvalue weighted by molar-refractivity contribution is 0.0692. The molecule has 0 bridgehead atoms. The molecule has 0 saturated carbocycles. The van der Waals surface area contributed by atoms with Crippen LogP contribution in [0.3, 0.4) is 0 Å². The van der Waals surface area contributed by atoms with Crippen LogP contribution < -0.4 is 5.32 Å². The molecule has 0 radical (unpaired) electrons. The fourth-order valence-electron chi connectivity index (χ4n) is 1.59. The van der Waals surface area contributed by atoms with Gasteiger partial charge in [-0.05, 0) is 24.3 Å². The van der Waals surface area contributed by atoms with Gasteiger partial charge in [0, 0.05) is 5.69 Å². The zero-order chi connectivity index (χ0) is 15.0. The number of nitrogens with one attached hydrogen (secondary N) is 1. The van der Waals surface area contributed by atoms with Gasteiger partial charge in [-0.15, -0.1) is 0 Å². The number of hydrogen-bond donors (Lipinski definition) is 2. The lowest BCUT2D eigenvalue weighted by atomic mass is 10.1. The highest BCUT2D eigenvalue weighted by Gasteiger charge is 2.15. The van der Waals surface area contributed by atoms with Crippen molar-refractivity contribution in [3.05, 3.63) is 65.7 Å². The summed E-state index contributed by atoms with van der Waals surface area (Å²) in [5, 5.41) is 11.7. The monoisotopic (exact) mass is 271 g/mol. The Kier molecular flexibility index (Phi) is 5.97. The number of carbonyl (C=O) groups excluding carboxylic acids is 1. The summed E-state index contributed by atoms with van der Waals surface area (Å²) in [5.41, 5.74) is 0.766. The van der Waals surface area contributed by atoms with Crippen LogP contribution in [0, 0.1) is 0 Å². The number of hydrogen-bond acceptors (Lipinski definition) is 2. The molecule has 0 aliphatic carbocycles. The molecule has 0 spiro atoms. The van der Waals surface area contributed by atoms with E-state index in [1.54, 1.807) is 36.4 Å². The van der Waals surface area contributed by atoms with Crippen molar-refractivity contribution in [2.75, 3.05) is 5.32 Å². The third kappa shape index (κ3) is 3.95.